The van der Waals surface area contributed by atoms with Crippen LogP contribution in [0.25, 0.3) is 6.08 Å². The standard InChI is InChI=1S/C19H17NO3S2/c1-3-23-16-8-4-13(5-9-16)12-17-18(21)20(19(24)25-17)14-6-10-15(22-2)11-7-14/h4-12H,3H2,1-2H3. The minimum absolute atomic E-state index is 0.117. The Morgan fingerprint density at radius 3 is 2.32 bits per heavy atom. The number of amides is 1. The number of carbonyl (C=O) groups is 1. The summed E-state index contributed by atoms with van der Waals surface area (Å²) in [7, 11) is 1.61. The van der Waals surface area contributed by atoms with Crippen LogP contribution in [0.5, 0.6) is 11.5 Å². The van der Waals surface area contributed by atoms with E-state index in [1.54, 1.807) is 12.0 Å². The molecule has 0 radical (unpaired) electrons. The average molecular weight is 371 g/mol. The van der Waals surface area contributed by atoms with E-state index in [1.165, 1.54) is 11.8 Å². The Morgan fingerprint density at radius 1 is 1.08 bits per heavy atom. The Bertz CT molecular complexity index is 814. The predicted molar refractivity (Wildman–Crippen MR) is 106 cm³/mol. The Labute approximate surface area is 156 Å². The van der Waals surface area contributed by atoms with E-state index in [0.29, 0.717) is 15.8 Å². The van der Waals surface area contributed by atoms with Gasteiger partial charge in [-0.15, -0.1) is 0 Å². The van der Waals surface area contributed by atoms with Crippen molar-refractivity contribution >= 4 is 46.0 Å². The van der Waals surface area contributed by atoms with Gasteiger partial charge in [-0.05, 0) is 55.0 Å². The van der Waals surface area contributed by atoms with Crippen molar-refractivity contribution < 1.29 is 14.3 Å². The van der Waals surface area contributed by atoms with Gasteiger partial charge in [0.05, 0.1) is 24.3 Å². The number of ether oxygens (including phenoxy) is 2. The van der Waals surface area contributed by atoms with Gasteiger partial charge >= 0.3 is 0 Å². The number of methoxy groups -OCH3 is 1. The molecule has 1 saturated heterocycles. The molecule has 1 heterocycles. The highest BCUT2D eigenvalue weighted by molar-refractivity contribution is 8.27. The third kappa shape index (κ3) is 3.86. The topological polar surface area (TPSA) is 38.8 Å². The summed E-state index contributed by atoms with van der Waals surface area (Å²) >= 11 is 6.69. The van der Waals surface area contributed by atoms with E-state index in [0.717, 1.165) is 22.7 Å². The number of hydrogen-bond donors (Lipinski definition) is 0. The van der Waals surface area contributed by atoms with Crippen molar-refractivity contribution in [1.29, 1.82) is 0 Å². The maximum Gasteiger partial charge on any atom is 0.270 e. The van der Waals surface area contributed by atoms with Crippen molar-refractivity contribution in [3.8, 4) is 11.5 Å². The molecule has 0 spiro atoms. The number of hydrogen-bond acceptors (Lipinski definition) is 5. The van der Waals surface area contributed by atoms with Crippen LogP contribution in [0, 0.1) is 0 Å². The first-order chi connectivity index (χ1) is 12.1. The lowest BCUT2D eigenvalue weighted by Gasteiger charge is -2.14. The monoisotopic (exact) mass is 371 g/mol. The molecule has 1 aliphatic rings. The lowest BCUT2D eigenvalue weighted by molar-refractivity contribution is -0.113. The second-order valence-corrected chi connectivity index (χ2v) is 6.89. The molecule has 4 nitrogen and oxygen atoms in total. The average Bonchev–Trinajstić information content (AvgIpc) is 2.90. The Morgan fingerprint density at radius 2 is 1.72 bits per heavy atom. The summed E-state index contributed by atoms with van der Waals surface area (Å²) in [6.07, 6.45) is 1.85. The van der Waals surface area contributed by atoms with E-state index < -0.39 is 0 Å². The molecule has 0 atom stereocenters. The molecule has 0 aliphatic carbocycles. The van der Waals surface area contributed by atoms with Crippen LogP contribution in [-0.2, 0) is 4.79 Å². The summed E-state index contributed by atoms with van der Waals surface area (Å²) in [5.74, 6) is 1.43. The lowest BCUT2D eigenvalue weighted by atomic mass is 10.2. The molecule has 0 saturated carbocycles. The van der Waals surface area contributed by atoms with E-state index in [4.69, 9.17) is 21.7 Å². The summed E-state index contributed by atoms with van der Waals surface area (Å²) in [6.45, 7) is 2.57. The fraction of sp³-hybridized carbons (Fsp3) is 0.158. The Kier molecular flexibility index (Phi) is 5.40. The smallest absolute Gasteiger partial charge is 0.270 e. The number of anilines is 1. The molecule has 0 unspecified atom stereocenters. The van der Waals surface area contributed by atoms with Gasteiger partial charge in [-0.2, -0.15) is 0 Å². The van der Waals surface area contributed by atoms with Gasteiger partial charge in [0.2, 0.25) is 0 Å². The number of benzene rings is 2. The number of rotatable bonds is 5. The normalized spacial score (nSPS) is 15.8. The molecule has 128 valence electrons. The molecule has 0 bridgehead atoms. The summed E-state index contributed by atoms with van der Waals surface area (Å²) in [4.78, 5) is 14.9. The predicted octanol–water partition coefficient (Wildman–Crippen LogP) is 4.50. The van der Waals surface area contributed by atoms with Crippen molar-refractivity contribution in [2.75, 3.05) is 18.6 Å². The Balaban J connectivity index is 1.82. The third-order valence-electron chi connectivity index (χ3n) is 3.61. The van der Waals surface area contributed by atoms with Crippen LogP contribution in [0.3, 0.4) is 0 Å². The van der Waals surface area contributed by atoms with Gasteiger partial charge in [-0.3, -0.25) is 9.69 Å². The van der Waals surface area contributed by atoms with E-state index in [-0.39, 0.29) is 5.91 Å². The van der Waals surface area contributed by atoms with Gasteiger partial charge in [-0.25, -0.2) is 0 Å². The molecule has 0 aromatic heterocycles. The molecular weight excluding hydrogens is 354 g/mol. The van der Waals surface area contributed by atoms with Gasteiger partial charge in [0, 0.05) is 0 Å². The van der Waals surface area contributed by atoms with Crippen LogP contribution < -0.4 is 14.4 Å². The zero-order valence-electron chi connectivity index (χ0n) is 13.9. The summed E-state index contributed by atoms with van der Waals surface area (Å²) in [6, 6.07) is 14.9. The molecule has 1 amide bonds. The van der Waals surface area contributed by atoms with Crippen LogP contribution in [-0.4, -0.2) is 23.9 Å². The number of nitrogens with zero attached hydrogens (tertiary/aromatic N) is 1. The third-order valence-corrected chi connectivity index (χ3v) is 4.92. The Hall–Kier alpha value is -2.31. The lowest BCUT2D eigenvalue weighted by Crippen LogP contribution is -2.27. The highest BCUT2D eigenvalue weighted by Gasteiger charge is 2.33. The summed E-state index contributed by atoms with van der Waals surface area (Å²) in [5, 5.41) is 0. The molecule has 25 heavy (non-hydrogen) atoms. The van der Waals surface area contributed by atoms with Crippen molar-refractivity contribution in [3.63, 3.8) is 0 Å². The minimum atomic E-state index is -0.117. The van der Waals surface area contributed by atoms with E-state index in [9.17, 15) is 4.79 Å². The van der Waals surface area contributed by atoms with Gasteiger partial charge in [0.1, 0.15) is 11.5 Å². The highest BCUT2D eigenvalue weighted by Crippen LogP contribution is 2.36. The fourth-order valence-electron chi connectivity index (χ4n) is 2.40. The molecule has 0 N–H and O–H groups in total. The van der Waals surface area contributed by atoms with E-state index in [2.05, 4.69) is 0 Å². The zero-order chi connectivity index (χ0) is 17.8. The second kappa shape index (κ2) is 7.72. The van der Waals surface area contributed by atoms with Gasteiger partial charge < -0.3 is 9.47 Å². The van der Waals surface area contributed by atoms with Crippen molar-refractivity contribution in [3.05, 3.63) is 59.0 Å². The molecule has 2 aromatic carbocycles. The van der Waals surface area contributed by atoms with E-state index >= 15 is 0 Å². The summed E-state index contributed by atoms with van der Waals surface area (Å²) in [5.41, 5.74) is 1.66. The van der Waals surface area contributed by atoms with Gasteiger partial charge in [0.15, 0.2) is 4.32 Å². The minimum Gasteiger partial charge on any atom is -0.497 e. The van der Waals surface area contributed by atoms with Crippen LogP contribution >= 0.6 is 24.0 Å². The second-order valence-electron chi connectivity index (χ2n) is 5.22. The van der Waals surface area contributed by atoms with Crippen LogP contribution in [0.2, 0.25) is 0 Å². The quantitative estimate of drug-likeness (QED) is 0.572. The molecule has 6 heteroatoms. The van der Waals surface area contributed by atoms with Crippen molar-refractivity contribution in [1.82, 2.24) is 0 Å². The molecular formula is C19H17NO3S2. The number of thioether (sulfide) groups is 1. The van der Waals surface area contributed by atoms with Crippen LogP contribution in [0.1, 0.15) is 12.5 Å². The molecule has 3 rings (SSSR count). The van der Waals surface area contributed by atoms with Crippen molar-refractivity contribution in [2.45, 2.75) is 6.92 Å². The fourth-order valence-corrected chi connectivity index (χ4v) is 3.70. The first-order valence-electron chi connectivity index (χ1n) is 7.77. The van der Waals surface area contributed by atoms with Crippen LogP contribution in [0.4, 0.5) is 5.69 Å². The molecule has 2 aromatic rings. The molecule has 1 fully saturated rings. The first-order valence-corrected chi connectivity index (χ1v) is 8.99. The largest absolute Gasteiger partial charge is 0.497 e. The van der Waals surface area contributed by atoms with E-state index in [1.807, 2.05) is 61.5 Å². The van der Waals surface area contributed by atoms with Gasteiger partial charge in [-0.1, -0.05) is 36.1 Å². The maximum atomic E-state index is 12.7. The van der Waals surface area contributed by atoms with Crippen molar-refractivity contribution in [2.24, 2.45) is 0 Å². The highest BCUT2D eigenvalue weighted by atomic mass is 32.2. The van der Waals surface area contributed by atoms with Crippen LogP contribution in [0.15, 0.2) is 53.4 Å². The number of carbonyl (C=O) groups excluding carboxylic acids is 1. The maximum absolute atomic E-state index is 12.7. The summed E-state index contributed by atoms with van der Waals surface area (Å²) < 4.78 is 11.1. The first kappa shape index (κ1) is 17.5. The SMILES string of the molecule is CCOc1ccc(C=C2SC(=S)N(c3ccc(OC)cc3)C2=O)cc1. The molecule has 1 aliphatic heterocycles. The number of thiocarbonyl (C=S) groups is 1. The zero-order valence-corrected chi connectivity index (χ0v) is 15.5. The van der Waals surface area contributed by atoms with Gasteiger partial charge in [0.25, 0.3) is 5.91 Å².